The minimum Gasteiger partial charge on any atom is -0.490 e. The Morgan fingerprint density at radius 1 is 1.17 bits per heavy atom. The molecule has 2 aromatic rings. The van der Waals surface area contributed by atoms with Crippen LogP contribution in [-0.4, -0.2) is 63.6 Å². The van der Waals surface area contributed by atoms with Crippen LogP contribution in [0.2, 0.25) is 5.02 Å². The van der Waals surface area contributed by atoms with Gasteiger partial charge in [-0.25, -0.2) is 17.9 Å². The van der Waals surface area contributed by atoms with E-state index in [0.29, 0.717) is 36.4 Å². The van der Waals surface area contributed by atoms with E-state index < -0.39 is 45.1 Å². The SMILES string of the molecule is CO[C@H](C(=O)O)[C@@H]1/C=C\[C@@H]2CC[C@H]2CN2C[C@@]3(CCCc4cc(Cl)ccc43)COc3ccc(cc32)C(=O)NS(=O)(=O)[C@H](C)[C@@H](C)C1. The van der Waals surface area contributed by atoms with Crippen molar-refractivity contribution >= 4 is 39.2 Å². The predicted molar refractivity (Wildman–Crippen MR) is 177 cm³/mol. The number of rotatable bonds is 3. The van der Waals surface area contributed by atoms with Crippen LogP contribution in [0.3, 0.4) is 0 Å². The van der Waals surface area contributed by atoms with Gasteiger partial charge in [-0.15, -0.1) is 0 Å². The summed E-state index contributed by atoms with van der Waals surface area (Å²) in [5.41, 5.74) is 3.19. The molecule has 2 aliphatic carbocycles. The third-order valence-corrected chi connectivity index (χ3v) is 13.0. The second kappa shape index (κ2) is 12.8. The fourth-order valence-electron chi connectivity index (χ4n) is 7.87. The predicted octanol–water partition coefficient (Wildman–Crippen LogP) is 5.60. The number of amides is 1. The van der Waals surface area contributed by atoms with Crippen molar-refractivity contribution < 1.29 is 32.6 Å². The Kier molecular flexibility index (Phi) is 9.17. The summed E-state index contributed by atoms with van der Waals surface area (Å²) in [5.74, 6) is -1.60. The van der Waals surface area contributed by atoms with Gasteiger partial charge in [0, 0.05) is 42.1 Å². The lowest BCUT2D eigenvalue weighted by molar-refractivity contribution is -0.151. The van der Waals surface area contributed by atoms with E-state index in [9.17, 15) is 23.1 Å². The fourth-order valence-corrected chi connectivity index (χ4v) is 9.35. The summed E-state index contributed by atoms with van der Waals surface area (Å²) in [6, 6.07) is 11.3. The maximum Gasteiger partial charge on any atom is 0.333 e. The van der Waals surface area contributed by atoms with Crippen LogP contribution in [-0.2, 0) is 31.4 Å². The van der Waals surface area contributed by atoms with Crippen LogP contribution in [0.4, 0.5) is 5.69 Å². The van der Waals surface area contributed by atoms with Crippen molar-refractivity contribution in [1.29, 1.82) is 0 Å². The highest BCUT2D eigenvalue weighted by Gasteiger charge is 2.43. The molecule has 0 saturated heterocycles. The minimum atomic E-state index is -4.09. The van der Waals surface area contributed by atoms with Crippen LogP contribution >= 0.6 is 11.6 Å². The molecule has 0 radical (unpaired) electrons. The highest BCUT2D eigenvalue weighted by molar-refractivity contribution is 7.90. The molecule has 2 aromatic carbocycles. The molecule has 9 nitrogen and oxygen atoms in total. The monoisotopic (exact) mass is 670 g/mol. The van der Waals surface area contributed by atoms with Gasteiger partial charge in [0.05, 0.1) is 17.5 Å². The number of hydrogen-bond acceptors (Lipinski definition) is 7. The number of carbonyl (C=O) groups excluding carboxylic acids is 1. The van der Waals surface area contributed by atoms with E-state index in [1.165, 1.54) is 18.2 Å². The maximum atomic E-state index is 13.5. The Morgan fingerprint density at radius 2 is 1.98 bits per heavy atom. The molecule has 0 aromatic heterocycles. The lowest BCUT2D eigenvalue weighted by Gasteiger charge is -2.44. The van der Waals surface area contributed by atoms with Crippen molar-refractivity contribution in [3.63, 3.8) is 0 Å². The molecule has 1 saturated carbocycles. The summed E-state index contributed by atoms with van der Waals surface area (Å²) in [5, 5.41) is 9.69. The number of sulfonamides is 1. The smallest absolute Gasteiger partial charge is 0.333 e. The van der Waals surface area contributed by atoms with Crippen molar-refractivity contribution in [3.8, 4) is 5.75 Å². The standard InChI is InChI=1S/C35H43ClN2O7S/c1-21-15-25(32(44-3)34(40)41)8-6-23-7-9-27(23)18-38-19-35(14-4-5-24-16-28(36)11-12-29(24)35)20-45-31-13-10-26(17-30(31)38)33(39)37-46(42,43)22(21)2/h6,8,10-13,16-17,21-23,25,27,32H,4-5,7,9,14-15,18-20H2,1-3H3,(H,37,39)(H,40,41)/b8-6-/t21-,22+,23+,25+,27-,32-,35-/m0/s1. The number of allylic oxidation sites excluding steroid dienone is 1. The number of nitrogens with one attached hydrogen (secondary N) is 1. The topological polar surface area (TPSA) is 122 Å². The third-order valence-electron chi connectivity index (χ3n) is 10.9. The lowest BCUT2D eigenvalue weighted by atomic mass is 9.69. The van der Waals surface area contributed by atoms with Crippen molar-refractivity contribution in [2.45, 2.75) is 69.1 Å². The number of aliphatic carboxylic acids is 1. The van der Waals surface area contributed by atoms with E-state index in [1.54, 1.807) is 32.0 Å². The van der Waals surface area contributed by atoms with E-state index in [2.05, 4.69) is 27.8 Å². The number of carbonyl (C=O) groups is 2. The highest BCUT2D eigenvalue weighted by atomic mass is 35.5. The number of benzene rings is 2. The van der Waals surface area contributed by atoms with E-state index in [0.717, 1.165) is 37.8 Å². The number of hydrogen-bond donors (Lipinski definition) is 2. The molecule has 1 fully saturated rings. The van der Waals surface area contributed by atoms with Crippen molar-refractivity contribution in [2.24, 2.45) is 23.7 Å². The largest absolute Gasteiger partial charge is 0.490 e. The second-order valence-corrected chi connectivity index (χ2v) is 16.2. The van der Waals surface area contributed by atoms with Crippen LogP contribution in [0, 0.1) is 23.7 Å². The number of aryl methyl sites for hydroxylation is 1. The summed E-state index contributed by atoms with van der Waals surface area (Å²) in [4.78, 5) is 28.0. The summed E-state index contributed by atoms with van der Waals surface area (Å²) in [6.45, 7) is 5.18. The first-order chi connectivity index (χ1) is 21.9. The Morgan fingerprint density at radius 3 is 2.70 bits per heavy atom. The molecular formula is C35H43ClN2O7S. The number of nitrogens with zero attached hydrogens (tertiary/aromatic N) is 1. The van der Waals surface area contributed by atoms with E-state index in [1.807, 2.05) is 12.1 Å². The molecular weight excluding hydrogens is 628 g/mol. The van der Waals surface area contributed by atoms with Gasteiger partial charge in [-0.1, -0.05) is 36.7 Å². The number of methoxy groups -OCH3 is 1. The first kappa shape index (κ1) is 32.8. The normalized spacial score (nSPS) is 32.0. The fraction of sp³-hybridized carbons (Fsp3) is 0.543. The first-order valence-corrected chi connectivity index (χ1v) is 18.1. The summed E-state index contributed by atoms with van der Waals surface area (Å²) in [6.07, 6.45) is 8.08. The van der Waals surface area contributed by atoms with Gasteiger partial charge >= 0.3 is 5.97 Å². The Labute approximate surface area is 276 Å². The zero-order chi connectivity index (χ0) is 32.8. The van der Waals surface area contributed by atoms with E-state index in [-0.39, 0.29) is 23.3 Å². The molecule has 6 rings (SSSR count). The Balaban J connectivity index is 1.42. The molecule has 2 aliphatic heterocycles. The molecule has 1 spiro atoms. The summed E-state index contributed by atoms with van der Waals surface area (Å²) in [7, 11) is -2.73. The van der Waals surface area contributed by atoms with Crippen molar-refractivity contribution in [1.82, 2.24) is 4.72 Å². The number of ether oxygens (including phenoxy) is 2. The van der Waals surface area contributed by atoms with Gasteiger partial charge in [-0.05, 0) is 105 Å². The molecule has 1 amide bonds. The van der Waals surface area contributed by atoms with Gasteiger partial charge in [0.15, 0.2) is 6.10 Å². The van der Waals surface area contributed by atoms with Gasteiger partial charge in [-0.3, -0.25) is 4.79 Å². The molecule has 2 N–H and O–H groups in total. The van der Waals surface area contributed by atoms with Crippen LogP contribution in [0.25, 0.3) is 0 Å². The molecule has 11 heteroatoms. The zero-order valence-corrected chi connectivity index (χ0v) is 28.1. The summed E-state index contributed by atoms with van der Waals surface area (Å²) >= 11 is 6.40. The lowest BCUT2D eigenvalue weighted by Crippen LogP contribution is -2.48. The number of anilines is 1. The maximum absolute atomic E-state index is 13.5. The van der Waals surface area contributed by atoms with Crippen LogP contribution in [0.15, 0.2) is 48.6 Å². The van der Waals surface area contributed by atoms with Crippen LogP contribution in [0.5, 0.6) is 5.75 Å². The van der Waals surface area contributed by atoms with Crippen molar-refractivity contribution in [3.05, 3.63) is 70.3 Å². The van der Waals surface area contributed by atoms with Crippen LogP contribution < -0.4 is 14.4 Å². The first-order valence-electron chi connectivity index (χ1n) is 16.2. The minimum absolute atomic E-state index is 0.227. The zero-order valence-electron chi connectivity index (χ0n) is 26.6. The molecule has 0 unspecified atom stereocenters. The number of fused-ring (bicyclic) bond motifs is 4. The summed E-state index contributed by atoms with van der Waals surface area (Å²) < 4.78 is 41.1. The number of carboxylic acid groups (broad SMARTS) is 1. The molecule has 46 heavy (non-hydrogen) atoms. The van der Waals surface area contributed by atoms with Crippen LogP contribution in [0.1, 0.15) is 67.4 Å². The molecule has 248 valence electrons. The average molecular weight is 671 g/mol. The van der Waals surface area contributed by atoms with Crippen molar-refractivity contribution in [2.75, 3.05) is 31.7 Å². The third kappa shape index (κ3) is 6.28. The highest BCUT2D eigenvalue weighted by Crippen LogP contribution is 2.46. The average Bonchev–Trinajstić information content (AvgIpc) is 3.15. The number of halogens is 1. The Hall–Kier alpha value is -3.08. The van der Waals surface area contributed by atoms with Gasteiger partial charge in [-0.2, -0.15) is 0 Å². The molecule has 2 bridgehead atoms. The van der Waals surface area contributed by atoms with Gasteiger partial charge < -0.3 is 19.5 Å². The van der Waals surface area contributed by atoms with Gasteiger partial charge in [0.1, 0.15) is 5.75 Å². The van der Waals surface area contributed by atoms with Gasteiger partial charge in [0.2, 0.25) is 10.0 Å². The Bertz CT molecular complexity index is 1650. The molecule has 4 aliphatic rings. The molecule has 2 heterocycles. The van der Waals surface area contributed by atoms with E-state index in [4.69, 9.17) is 21.1 Å². The molecule has 7 atom stereocenters. The quantitative estimate of drug-likeness (QED) is 0.405. The van der Waals surface area contributed by atoms with Gasteiger partial charge in [0.25, 0.3) is 5.91 Å². The number of carboxylic acids is 1. The second-order valence-electron chi connectivity index (χ2n) is 13.7. The van der Waals surface area contributed by atoms with E-state index >= 15 is 0 Å².